The first-order valence-corrected chi connectivity index (χ1v) is 22.2. The van der Waals surface area contributed by atoms with Crippen molar-refractivity contribution in [1.29, 1.82) is 0 Å². The zero-order valence-corrected chi connectivity index (χ0v) is 36.0. The molecule has 0 aliphatic heterocycles. The average Bonchev–Trinajstić information content (AvgIpc) is 3.43. The fourth-order valence-corrected chi connectivity index (χ4v) is 9.37. The van der Waals surface area contributed by atoms with Crippen LogP contribution in [-0.4, -0.2) is 72.4 Å². The van der Waals surface area contributed by atoms with E-state index in [9.17, 15) is 43.9 Å². The van der Waals surface area contributed by atoms with E-state index in [-0.39, 0.29) is 73.9 Å². The number of halogens is 10. The first-order valence-electron chi connectivity index (χ1n) is 19.9. The standard InChI is InChI=1S/C41H32ClF9N10O5S/c1-58-34-29(6-5-25(42)32(34)37(56-58)57-67(2,64)65)61-38(53-27-14-19(3-4-22(27)39(61)63)26-7-8-59(54-26)9-10-66-41(49,50)51)28(13-18-11-20(43)15-21(44)12-18)52-30(62)17-60-35-31(33(55-60)36(45)46)23-16-24(23)40(35,47)48/h3-8,11-12,14-15,23-24,28,36H,9-10,13,16-17H2,1-2H3,(H,52,62)(H,56,57)/t23-,24+,28-/m0/s1. The summed E-state index contributed by atoms with van der Waals surface area (Å²) in [5.41, 5.74) is -2.62. The molecular formula is C41H32ClF9N10O5S. The predicted molar refractivity (Wildman–Crippen MR) is 221 cm³/mol. The van der Waals surface area contributed by atoms with Crippen LogP contribution in [-0.2, 0) is 52.0 Å². The number of sulfonamides is 1. The molecule has 0 radical (unpaired) electrons. The summed E-state index contributed by atoms with van der Waals surface area (Å²) in [5.74, 6) is -9.54. The van der Waals surface area contributed by atoms with Gasteiger partial charge in [-0.3, -0.25) is 37.7 Å². The molecule has 67 heavy (non-hydrogen) atoms. The maximum absolute atomic E-state index is 15.6. The molecular weight excluding hydrogens is 951 g/mol. The van der Waals surface area contributed by atoms with Crippen molar-refractivity contribution in [2.45, 2.75) is 56.6 Å². The Morgan fingerprint density at radius 2 is 1.76 bits per heavy atom. The monoisotopic (exact) mass is 982 g/mol. The van der Waals surface area contributed by atoms with Crippen LogP contribution in [0.25, 0.3) is 38.8 Å². The van der Waals surface area contributed by atoms with E-state index in [1.165, 1.54) is 59.0 Å². The van der Waals surface area contributed by atoms with Crippen LogP contribution in [0.3, 0.4) is 0 Å². The third-order valence-corrected chi connectivity index (χ3v) is 12.2. The van der Waals surface area contributed by atoms with Gasteiger partial charge in [0.15, 0.2) is 5.82 Å². The molecule has 2 N–H and O–H groups in total. The highest BCUT2D eigenvalue weighted by molar-refractivity contribution is 7.92. The number of alkyl halides is 7. The second-order valence-corrected chi connectivity index (χ2v) is 18.2. The molecule has 2 aliphatic carbocycles. The largest absolute Gasteiger partial charge is 0.522 e. The lowest BCUT2D eigenvalue weighted by Gasteiger charge is -2.24. The summed E-state index contributed by atoms with van der Waals surface area (Å²) in [6, 6.07) is 9.15. The van der Waals surface area contributed by atoms with Crippen LogP contribution in [0.5, 0.6) is 0 Å². The zero-order chi connectivity index (χ0) is 48.1. The van der Waals surface area contributed by atoms with Crippen LogP contribution in [0.15, 0.2) is 65.6 Å². The van der Waals surface area contributed by atoms with Gasteiger partial charge in [-0.25, -0.2) is 31.0 Å². The van der Waals surface area contributed by atoms with Crippen molar-refractivity contribution in [1.82, 2.24) is 44.2 Å². The number of carbonyl (C=O) groups is 1. The number of ether oxygens (including phenoxy) is 1. The number of nitrogens with zero attached hydrogens (tertiary/aromatic N) is 8. The Bertz CT molecular complexity index is 3310. The van der Waals surface area contributed by atoms with Crippen LogP contribution in [0.4, 0.5) is 45.3 Å². The van der Waals surface area contributed by atoms with Crippen molar-refractivity contribution in [3.63, 3.8) is 0 Å². The quantitative estimate of drug-likeness (QED) is 0.105. The molecule has 0 saturated heterocycles. The molecule has 1 fully saturated rings. The highest BCUT2D eigenvalue weighted by Crippen LogP contribution is 2.68. The van der Waals surface area contributed by atoms with Crippen molar-refractivity contribution in [3.05, 3.63) is 116 Å². The number of amides is 1. The van der Waals surface area contributed by atoms with Gasteiger partial charge in [0.2, 0.25) is 15.9 Å². The first kappa shape index (κ1) is 45.7. The zero-order valence-electron chi connectivity index (χ0n) is 34.4. The lowest BCUT2D eigenvalue weighted by molar-refractivity contribution is -0.325. The van der Waals surface area contributed by atoms with Crippen LogP contribution < -0.4 is 15.6 Å². The summed E-state index contributed by atoms with van der Waals surface area (Å²) in [6.45, 7) is -2.10. The molecule has 0 bridgehead atoms. The molecule has 2 aliphatic rings. The lowest BCUT2D eigenvalue weighted by Crippen LogP contribution is -2.38. The Balaban J connectivity index is 1.22. The number of nitrogens with one attached hydrogen (secondary N) is 2. The molecule has 15 nitrogen and oxygen atoms in total. The predicted octanol–water partition coefficient (Wildman–Crippen LogP) is 7.42. The van der Waals surface area contributed by atoms with E-state index >= 15 is 13.6 Å². The molecule has 7 aromatic rings. The average molecular weight is 983 g/mol. The maximum Gasteiger partial charge on any atom is 0.522 e. The highest BCUT2D eigenvalue weighted by atomic mass is 35.5. The minimum absolute atomic E-state index is 0.00532. The van der Waals surface area contributed by atoms with Gasteiger partial charge in [0, 0.05) is 42.8 Å². The summed E-state index contributed by atoms with van der Waals surface area (Å²) >= 11 is 6.61. The van der Waals surface area contributed by atoms with E-state index in [0.717, 1.165) is 23.0 Å². The van der Waals surface area contributed by atoms with Crippen molar-refractivity contribution >= 4 is 55.2 Å². The van der Waals surface area contributed by atoms with E-state index in [2.05, 4.69) is 30.1 Å². The number of aryl methyl sites for hydroxylation is 1. The molecule has 1 saturated carbocycles. The molecule has 26 heteroatoms. The van der Waals surface area contributed by atoms with Crippen LogP contribution in [0, 0.1) is 17.6 Å². The number of anilines is 1. The summed E-state index contributed by atoms with van der Waals surface area (Å²) < 4.78 is 162. The molecule has 352 valence electrons. The van der Waals surface area contributed by atoms with Gasteiger partial charge in [0.1, 0.15) is 35.4 Å². The maximum atomic E-state index is 15.6. The topological polar surface area (TPSA) is 173 Å². The van der Waals surface area contributed by atoms with Gasteiger partial charge >= 0.3 is 6.36 Å². The van der Waals surface area contributed by atoms with Gasteiger partial charge < -0.3 is 5.32 Å². The normalized spacial score (nSPS) is 17.0. The molecule has 0 unspecified atom stereocenters. The van der Waals surface area contributed by atoms with Crippen molar-refractivity contribution in [3.8, 4) is 16.9 Å². The van der Waals surface area contributed by atoms with Gasteiger partial charge in [-0.05, 0) is 60.4 Å². The number of hydrogen-bond donors (Lipinski definition) is 2. The minimum Gasteiger partial charge on any atom is -0.344 e. The van der Waals surface area contributed by atoms with Crippen LogP contribution >= 0.6 is 11.6 Å². The van der Waals surface area contributed by atoms with Crippen LogP contribution in [0.2, 0.25) is 5.02 Å². The molecule has 9 rings (SSSR count). The summed E-state index contributed by atoms with van der Waals surface area (Å²) in [6.07, 6.45) is -6.48. The van der Waals surface area contributed by atoms with Gasteiger partial charge in [-0.2, -0.15) is 24.1 Å². The van der Waals surface area contributed by atoms with E-state index < -0.39 is 101 Å². The third kappa shape index (κ3) is 8.70. The lowest BCUT2D eigenvalue weighted by atomic mass is 10.0. The van der Waals surface area contributed by atoms with Gasteiger partial charge in [0.25, 0.3) is 17.9 Å². The van der Waals surface area contributed by atoms with Gasteiger partial charge in [0.05, 0.1) is 63.7 Å². The van der Waals surface area contributed by atoms with Crippen LogP contribution in [0.1, 0.15) is 53.1 Å². The second-order valence-electron chi connectivity index (χ2n) is 16.0. The van der Waals surface area contributed by atoms with Gasteiger partial charge in [-0.1, -0.05) is 17.7 Å². The minimum atomic E-state index is -4.87. The Hall–Kier alpha value is -6.47. The fourth-order valence-electron chi connectivity index (χ4n) is 8.63. The SMILES string of the molecule is Cn1nc(NS(C)(=O)=O)c2c(Cl)ccc(-n3c([C@H](Cc4cc(F)cc(F)c4)NC(=O)Cn4nc(C(F)F)c5c4C(F)(F)[C@@H]4C[C@H]54)nc4cc(-c5ccn(CCOC(F)(F)F)n5)ccc4c3=O)c21. The molecule has 1 amide bonds. The number of fused-ring (bicyclic) bond motifs is 5. The molecule has 4 heterocycles. The fraction of sp³-hybridized carbons (Fsp3) is 0.317. The van der Waals surface area contributed by atoms with Gasteiger partial charge in [-0.15, -0.1) is 13.2 Å². The Morgan fingerprint density at radius 1 is 1.03 bits per heavy atom. The summed E-state index contributed by atoms with van der Waals surface area (Å²) in [4.78, 5) is 34.0. The number of aromatic nitrogens is 8. The number of rotatable bonds is 14. The third-order valence-electron chi connectivity index (χ3n) is 11.3. The molecule has 4 aromatic heterocycles. The number of benzene rings is 3. The molecule has 0 spiro atoms. The number of hydrogen-bond acceptors (Lipinski definition) is 9. The Morgan fingerprint density at radius 3 is 2.45 bits per heavy atom. The van der Waals surface area contributed by atoms with Crippen molar-refractivity contribution < 1.29 is 57.5 Å². The molecule has 3 aromatic carbocycles. The second kappa shape index (κ2) is 16.4. The summed E-state index contributed by atoms with van der Waals surface area (Å²) in [7, 11) is -2.57. The molecule has 3 atom stereocenters. The first-order chi connectivity index (χ1) is 31.5. The van der Waals surface area contributed by atoms with Crippen molar-refractivity contribution in [2.24, 2.45) is 13.0 Å². The number of carbonyl (C=O) groups excluding carboxylic acids is 1. The highest BCUT2D eigenvalue weighted by Gasteiger charge is 2.67. The van der Waals surface area contributed by atoms with E-state index in [1.54, 1.807) is 0 Å². The van der Waals surface area contributed by atoms with E-state index in [4.69, 9.17) is 16.6 Å². The van der Waals surface area contributed by atoms with E-state index in [1.807, 2.05) is 0 Å². The Kier molecular flexibility index (Phi) is 11.2. The van der Waals surface area contributed by atoms with E-state index in [0.29, 0.717) is 16.3 Å². The Labute approximate surface area is 376 Å². The van der Waals surface area contributed by atoms with Crippen molar-refractivity contribution in [2.75, 3.05) is 17.6 Å². The summed E-state index contributed by atoms with van der Waals surface area (Å²) in [5, 5.41) is 14.8. The smallest absolute Gasteiger partial charge is 0.344 e.